The van der Waals surface area contributed by atoms with Crippen LogP contribution < -0.4 is 15.8 Å². The van der Waals surface area contributed by atoms with Crippen molar-refractivity contribution in [2.75, 3.05) is 27.3 Å². The summed E-state index contributed by atoms with van der Waals surface area (Å²) in [7, 11) is 3.20. The smallest absolute Gasteiger partial charge is 0.222 e. The van der Waals surface area contributed by atoms with E-state index in [1.807, 2.05) is 24.3 Å². The van der Waals surface area contributed by atoms with Crippen molar-refractivity contribution in [1.82, 2.24) is 5.32 Å². The van der Waals surface area contributed by atoms with Gasteiger partial charge in [-0.3, -0.25) is 4.79 Å². The van der Waals surface area contributed by atoms with Crippen LogP contribution in [0, 0.1) is 0 Å². The van der Waals surface area contributed by atoms with E-state index < -0.39 is 0 Å². The molecule has 20 heavy (non-hydrogen) atoms. The highest BCUT2D eigenvalue weighted by Gasteiger charge is 2.10. The Morgan fingerprint density at radius 2 is 1.95 bits per heavy atom. The highest BCUT2D eigenvalue weighted by molar-refractivity contribution is 5.85. The maximum atomic E-state index is 11.6. The minimum atomic E-state index is -0.207. The first-order valence-corrected chi connectivity index (χ1v) is 6.32. The number of hydrogen-bond donors (Lipinski definition) is 2. The van der Waals surface area contributed by atoms with Crippen molar-refractivity contribution in [3.8, 4) is 5.75 Å². The van der Waals surface area contributed by atoms with E-state index in [2.05, 4.69) is 5.32 Å². The Morgan fingerprint density at radius 1 is 1.30 bits per heavy atom. The Balaban J connectivity index is 0.00000361. The van der Waals surface area contributed by atoms with Crippen LogP contribution in [0.25, 0.3) is 0 Å². The van der Waals surface area contributed by atoms with Crippen molar-refractivity contribution >= 4 is 18.3 Å². The highest BCUT2D eigenvalue weighted by atomic mass is 35.5. The first-order chi connectivity index (χ1) is 9.19. The number of benzene rings is 1. The van der Waals surface area contributed by atoms with Crippen LogP contribution in [0.15, 0.2) is 24.3 Å². The van der Waals surface area contributed by atoms with Gasteiger partial charge in [0.15, 0.2) is 0 Å². The molecule has 114 valence electrons. The third-order valence-electron chi connectivity index (χ3n) is 2.90. The van der Waals surface area contributed by atoms with Crippen LogP contribution in [0.1, 0.15) is 12.0 Å². The van der Waals surface area contributed by atoms with E-state index in [1.54, 1.807) is 14.2 Å². The largest absolute Gasteiger partial charge is 0.497 e. The molecule has 1 unspecified atom stereocenters. The second-order valence-corrected chi connectivity index (χ2v) is 4.25. The molecular weight excluding hydrogens is 280 g/mol. The van der Waals surface area contributed by atoms with Crippen molar-refractivity contribution in [3.05, 3.63) is 29.8 Å². The lowest BCUT2D eigenvalue weighted by molar-refractivity contribution is -0.123. The quantitative estimate of drug-likeness (QED) is 0.755. The molecule has 0 radical (unpaired) electrons. The van der Waals surface area contributed by atoms with Crippen LogP contribution in [0.5, 0.6) is 5.75 Å². The lowest BCUT2D eigenvalue weighted by Gasteiger charge is -2.12. The number of methoxy groups -OCH3 is 2. The van der Waals surface area contributed by atoms with Crippen LogP contribution in [0.2, 0.25) is 0 Å². The minimum Gasteiger partial charge on any atom is -0.497 e. The van der Waals surface area contributed by atoms with Gasteiger partial charge >= 0.3 is 0 Å². The molecule has 0 bridgehead atoms. The van der Waals surface area contributed by atoms with E-state index in [0.717, 1.165) is 17.7 Å². The first kappa shape index (κ1) is 18.7. The molecule has 1 atom stereocenters. The number of ether oxygens (including phenoxy) is 2. The van der Waals surface area contributed by atoms with Crippen molar-refractivity contribution in [1.29, 1.82) is 0 Å². The van der Waals surface area contributed by atoms with Gasteiger partial charge in [0.25, 0.3) is 0 Å². The van der Waals surface area contributed by atoms with Gasteiger partial charge in [0.2, 0.25) is 5.91 Å². The zero-order valence-electron chi connectivity index (χ0n) is 11.9. The molecule has 0 fully saturated rings. The molecule has 0 aromatic heterocycles. The Hall–Kier alpha value is -1.30. The van der Waals surface area contributed by atoms with Gasteiger partial charge in [-0.15, -0.1) is 12.4 Å². The number of amides is 1. The summed E-state index contributed by atoms with van der Waals surface area (Å²) in [6, 6.07) is 7.80. The second-order valence-electron chi connectivity index (χ2n) is 4.25. The van der Waals surface area contributed by atoms with Gasteiger partial charge in [-0.05, 0) is 24.1 Å². The third kappa shape index (κ3) is 6.75. The molecule has 1 aromatic carbocycles. The molecule has 0 saturated heterocycles. The number of rotatable bonds is 8. The number of carbonyl (C=O) groups excluding carboxylic acids is 1. The average molecular weight is 303 g/mol. The van der Waals surface area contributed by atoms with Gasteiger partial charge in [0.1, 0.15) is 5.75 Å². The molecule has 0 spiro atoms. The van der Waals surface area contributed by atoms with Gasteiger partial charge in [-0.25, -0.2) is 0 Å². The average Bonchev–Trinajstić information content (AvgIpc) is 2.45. The molecule has 0 aliphatic heterocycles. The second kappa shape index (κ2) is 10.5. The summed E-state index contributed by atoms with van der Waals surface area (Å²) in [5, 5.41) is 2.85. The fourth-order valence-corrected chi connectivity index (χ4v) is 1.68. The van der Waals surface area contributed by atoms with E-state index in [4.69, 9.17) is 15.2 Å². The van der Waals surface area contributed by atoms with Crippen molar-refractivity contribution in [3.63, 3.8) is 0 Å². The number of nitrogens with one attached hydrogen (secondary N) is 1. The van der Waals surface area contributed by atoms with Crippen LogP contribution in [-0.4, -0.2) is 39.3 Å². The summed E-state index contributed by atoms with van der Waals surface area (Å²) in [4.78, 5) is 11.6. The maximum absolute atomic E-state index is 11.6. The van der Waals surface area contributed by atoms with Crippen LogP contribution in [0.3, 0.4) is 0 Å². The Morgan fingerprint density at radius 3 is 2.45 bits per heavy atom. The van der Waals surface area contributed by atoms with E-state index in [-0.39, 0.29) is 24.4 Å². The lowest BCUT2D eigenvalue weighted by atomic mass is 10.1. The molecule has 1 aromatic rings. The van der Waals surface area contributed by atoms with Gasteiger partial charge in [0, 0.05) is 20.2 Å². The van der Waals surface area contributed by atoms with Crippen molar-refractivity contribution < 1.29 is 14.3 Å². The van der Waals surface area contributed by atoms with E-state index >= 15 is 0 Å². The number of carbonyl (C=O) groups is 1. The minimum absolute atomic E-state index is 0. The molecule has 0 aliphatic carbocycles. The normalized spacial score (nSPS) is 11.3. The fraction of sp³-hybridized carbons (Fsp3) is 0.500. The van der Waals surface area contributed by atoms with Crippen molar-refractivity contribution in [2.45, 2.75) is 18.9 Å². The molecule has 0 aliphatic rings. The van der Waals surface area contributed by atoms with Crippen LogP contribution in [-0.2, 0) is 16.0 Å². The summed E-state index contributed by atoms with van der Waals surface area (Å²) in [6.45, 7) is 0.953. The van der Waals surface area contributed by atoms with Crippen molar-refractivity contribution in [2.24, 2.45) is 5.73 Å². The molecular formula is C14H23ClN2O3. The molecule has 1 amide bonds. The molecule has 3 N–H and O–H groups in total. The predicted octanol–water partition coefficient (Wildman–Crippen LogP) is 1.14. The van der Waals surface area contributed by atoms with Gasteiger partial charge in [-0.2, -0.15) is 0 Å². The predicted molar refractivity (Wildman–Crippen MR) is 81.4 cm³/mol. The van der Waals surface area contributed by atoms with E-state index in [0.29, 0.717) is 19.5 Å². The monoisotopic (exact) mass is 302 g/mol. The zero-order valence-corrected chi connectivity index (χ0v) is 12.7. The van der Waals surface area contributed by atoms with E-state index in [1.165, 1.54) is 0 Å². The van der Waals surface area contributed by atoms with Gasteiger partial charge in [0.05, 0.1) is 19.6 Å². The first-order valence-electron chi connectivity index (χ1n) is 6.32. The standard InChI is InChI=1S/C14H22N2O3.ClH/c1-18-12-5-3-11(4-6-12)7-8-16-14(17)9-13(10-15)19-2;/h3-6,13H,7-10,15H2,1-2H3,(H,16,17);1H. The summed E-state index contributed by atoms with van der Waals surface area (Å²) in [5.74, 6) is 0.796. The lowest BCUT2D eigenvalue weighted by Crippen LogP contribution is -2.33. The van der Waals surface area contributed by atoms with Crippen LogP contribution >= 0.6 is 12.4 Å². The van der Waals surface area contributed by atoms with E-state index in [9.17, 15) is 4.79 Å². The maximum Gasteiger partial charge on any atom is 0.222 e. The molecule has 0 saturated carbocycles. The van der Waals surface area contributed by atoms with Gasteiger partial charge in [-0.1, -0.05) is 12.1 Å². The summed E-state index contributed by atoms with van der Waals surface area (Å²) in [6.07, 6.45) is 0.881. The molecule has 5 nitrogen and oxygen atoms in total. The number of halogens is 1. The SMILES string of the molecule is COc1ccc(CCNC(=O)CC(CN)OC)cc1.Cl. The molecule has 0 heterocycles. The highest BCUT2D eigenvalue weighted by Crippen LogP contribution is 2.11. The molecule has 1 rings (SSSR count). The molecule has 6 heteroatoms. The number of hydrogen-bond acceptors (Lipinski definition) is 4. The Kier molecular flexibility index (Phi) is 9.80. The Labute approximate surface area is 126 Å². The number of nitrogens with two attached hydrogens (primary N) is 1. The summed E-state index contributed by atoms with van der Waals surface area (Å²) in [5.41, 5.74) is 6.62. The third-order valence-corrected chi connectivity index (χ3v) is 2.90. The fourth-order valence-electron chi connectivity index (χ4n) is 1.68. The van der Waals surface area contributed by atoms with Crippen LogP contribution in [0.4, 0.5) is 0 Å². The Bertz CT molecular complexity index is 381. The van der Waals surface area contributed by atoms with Gasteiger partial charge < -0.3 is 20.5 Å². The summed E-state index contributed by atoms with van der Waals surface area (Å²) >= 11 is 0. The zero-order chi connectivity index (χ0) is 14.1. The topological polar surface area (TPSA) is 73.6 Å². The summed E-state index contributed by atoms with van der Waals surface area (Å²) < 4.78 is 10.1.